The number of quaternary nitrogens is 1. The van der Waals surface area contributed by atoms with Crippen LogP contribution in [0.1, 0.15) is 23.2 Å². The first-order valence-electron chi connectivity index (χ1n) is 9.51. The minimum Gasteiger partial charge on any atom is -0.369 e. The molecular formula is C21H24FN4O3+. The molecule has 0 spiro atoms. The fraction of sp³-hybridized carbons (Fsp3) is 0.286. The van der Waals surface area contributed by atoms with Crippen molar-refractivity contribution in [2.24, 2.45) is 11.7 Å². The Bertz CT molecular complexity index is 901. The first-order valence-corrected chi connectivity index (χ1v) is 9.51. The number of para-hydroxylation sites is 1. The van der Waals surface area contributed by atoms with Crippen LogP contribution in [-0.2, 0) is 9.59 Å². The second kappa shape index (κ2) is 9.29. The second-order valence-electron chi connectivity index (χ2n) is 7.18. The number of carbonyl (C=O) groups excluding carboxylic acids is 3. The highest BCUT2D eigenvalue weighted by atomic mass is 19.1. The van der Waals surface area contributed by atoms with Gasteiger partial charge in [-0.25, -0.2) is 4.39 Å². The van der Waals surface area contributed by atoms with Gasteiger partial charge in [-0.1, -0.05) is 12.1 Å². The van der Waals surface area contributed by atoms with Gasteiger partial charge in [0.25, 0.3) is 11.8 Å². The highest BCUT2D eigenvalue weighted by Crippen LogP contribution is 2.17. The van der Waals surface area contributed by atoms with Crippen molar-refractivity contribution in [3.8, 4) is 0 Å². The van der Waals surface area contributed by atoms with Crippen LogP contribution >= 0.6 is 0 Å². The van der Waals surface area contributed by atoms with Gasteiger partial charge in [0.1, 0.15) is 5.82 Å². The zero-order valence-corrected chi connectivity index (χ0v) is 15.9. The quantitative estimate of drug-likeness (QED) is 0.577. The van der Waals surface area contributed by atoms with Crippen LogP contribution < -0.4 is 21.3 Å². The Morgan fingerprint density at radius 1 is 1.07 bits per heavy atom. The van der Waals surface area contributed by atoms with Crippen LogP contribution in [0.4, 0.5) is 15.8 Å². The lowest BCUT2D eigenvalue weighted by molar-refractivity contribution is -0.899. The minimum absolute atomic E-state index is 0.192. The van der Waals surface area contributed by atoms with E-state index < -0.39 is 11.7 Å². The zero-order valence-electron chi connectivity index (χ0n) is 15.9. The smallest absolute Gasteiger partial charge is 0.279 e. The summed E-state index contributed by atoms with van der Waals surface area (Å²) in [5.74, 6) is -1.58. The van der Waals surface area contributed by atoms with Crippen LogP contribution in [0.15, 0.2) is 48.5 Å². The van der Waals surface area contributed by atoms with Gasteiger partial charge in [-0.15, -0.1) is 0 Å². The Morgan fingerprint density at radius 2 is 1.79 bits per heavy atom. The number of likely N-dealkylation sites (tertiary alicyclic amines) is 1. The number of anilines is 2. The number of carbonyl (C=O) groups is 3. The molecule has 1 fully saturated rings. The van der Waals surface area contributed by atoms with Crippen molar-refractivity contribution in [3.63, 3.8) is 0 Å². The lowest BCUT2D eigenvalue weighted by atomic mass is 9.97. The summed E-state index contributed by atoms with van der Waals surface area (Å²) in [5, 5.41) is 5.47. The minimum atomic E-state index is -0.411. The summed E-state index contributed by atoms with van der Waals surface area (Å²) in [6.07, 6.45) is 1.60. The highest BCUT2D eigenvalue weighted by molar-refractivity contribution is 6.10. The molecule has 2 aromatic rings. The molecule has 29 heavy (non-hydrogen) atoms. The van der Waals surface area contributed by atoms with Gasteiger partial charge in [-0.3, -0.25) is 14.4 Å². The molecule has 1 saturated heterocycles. The highest BCUT2D eigenvalue weighted by Gasteiger charge is 2.28. The molecule has 3 rings (SSSR count). The summed E-state index contributed by atoms with van der Waals surface area (Å²) in [5.41, 5.74) is 6.53. The van der Waals surface area contributed by atoms with E-state index in [2.05, 4.69) is 10.6 Å². The maximum absolute atomic E-state index is 13.0. The van der Waals surface area contributed by atoms with E-state index in [0.29, 0.717) is 23.5 Å². The zero-order chi connectivity index (χ0) is 20.8. The fourth-order valence-electron chi connectivity index (χ4n) is 3.50. The standard InChI is InChI=1S/C21H23FN4O3/c22-15-7-9-16(10-8-15)24-21(29)17-5-1-2-6-18(17)25-19(27)13-26-11-3-4-14(12-26)20(23)28/h1-2,5-10,14H,3-4,11-13H2,(H2,23,28)(H,24,29)(H,25,27)/p+1/t14-/m1/s1. The number of hydrogen-bond acceptors (Lipinski definition) is 3. The van der Waals surface area contributed by atoms with E-state index in [1.54, 1.807) is 24.3 Å². The molecule has 5 N–H and O–H groups in total. The third-order valence-electron chi connectivity index (χ3n) is 4.98. The Labute approximate surface area is 168 Å². The summed E-state index contributed by atoms with van der Waals surface area (Å²) in [4.78, 5) is 37.5. The summed E-state index contributed by atoms with van der Waals surface area (Å²) >= 11 is 0. The molecule has 0 aromatic heterocycles. The Balaban J connectivity index is 1.63. The molecule has 1 heterocycles. The Morgan fingerprint density at radius 3 is 2.52 bits per heavy atom. The largest absolute Gasteiger partial charge is 0.369 e. The normalized spacial score (nSPS) is 18.7. The predicted octanol–water partition coefficient (Wildman–Crippen LogP) is 0.797. The molecule has 1 unspecified atom stereocenters. The summed E-state index contributed by atoms with van der Waals surface area (Å²) in [6.45, 7) is 1.52. The third-order valence-corrected chi connectivity index (χ3v) is 4.98. The molecule has 1 aliphatic heterocycles. The van der Waals surface area contributed by atoms with Gasteiger partial charge in [0.2, 0.25) is 5.91 Å². The van der Waals surface area contributed by atoms with E-state index in [1.165, 1.54) is 24.3 Å². The van der Waals surface area contributed by atoms with Gasteiger partial charge in [0, 0.05) is 5.69 Å². The average Bonchev–Trinajstić information content (AvgIpc) is 2.70. The van der Waals surface area contributed by atoms with Crippen LogP contribution in [0.3, 0.4) is 0 Å². The van der Waals surface area contributed by atoms with Crippen molar-refractivity contribution in [3.05, 3.63) is 59.9 Å². The molecular weight excluding hydrogens is 375 g/mol. The van der Waals surface area contributed by atoms with Gasteiger partial charge in [-0.05, 0) is 49.2 Å². The maximum Gasteiger partial charge on any atom is 0.279 e. The number of benzene rings is 2. The SMILES string of the molecule is NC(=O)[C@@H]1CCC[NH+](CC(=O)Nc2ccccc2C(=O)Nc2ccc(F)cc2)C1. The number of amides is 3. The van der Waals surface area contributed by atoms with Crippen LogP contribution in [0, 0.1) is 11.7 Å². The molecule has 3 amide bonds. The van der Waals surface area contributed by atoms with Crippen LogP contribution in [0.25, 0.3) is 0 Å². The molecule has 2 atom stereocenters. The van der Waals surface area contributed by atoms with Gasteiger partial charge in [0.05, 0.1) is 30.3 Å². The molecule has 0 saturated carbocycles. The van der Waals surface area contributed by atoms with Crippen molar-refractivity contribution < 1.29 is 23.7 Å². The summed E-state index contributed by atoms with van der Waals surface area (Å²) in [6, 6.07) is 12.1. The Hall–Kier alpha value is -3.26. The molecule has 1 aliphatic rings. The number of nitrogens with one attached hydrogen (secondary N) is 3. The molecule has 0 aliphatic carbocycles. The first-order chi connectivity index (χ1) is 13.9. The topological polar surface area (TPSA) is 106 Å². The lowest BCUT2D eigenvalue weighted by Crippen LogP contribution is -3.14. The van der Waals surface area contributed by atoms with Crippen LogP contribution in [0.2, 0.25) is 0 Å². The van der Waals surface area contributed by atoms with Gasteiger partial charge in [0.15, 0.2) is 6.54 Å². The number of nitrogens with two attached hydrogens (primary N) is 1. The van der Waals surface area contributed by atoms with E-state index in [4.69, 9.17) is 5.73 Å². The van der Waals surface area contributed by atoms with E-state index in [1.807, 2.05) is 0 Å². The van der Waals surface area contributed by atoms with E-state index in [-0.39, 0.29) is 24.3 Å². The first kappa shape index (κ1) is 20.5. The number of piperidine rings is 1. The molecule has 8 heteroatoms. The third kappa shape index (κ3) is 5.61. The van der Waals surface area contributed by atoms with E-state index in [9.17, 15) is 18.8 Å². The number of primary amides is 1. The van der Waals surface area contributed by atoms with Crippen molar-refractivity contribution in [1.29, 1.82) is 0 Å². The molecule has 152 valence electrons. The van der Waals surface area contributed by atoms with Crippen molar-refractivity contribution >= 4 is 29.1 Å². The summed E-state index contributed by atoms with van der Waals surface area (Å²) < 4.78 is 13.0. The van der Waals surface area contributed by atoms with Gasteiger partial charge in [-0.2, -0.15) is 0 Å². The number of hydrogen-bond donors (Lipinski definition) is 4. The fourth-order valence-corrected chi connectivity index (χ4v) is 3.50. The molecule has 0 radical (unpaired) electrons. The molecule has 0 bridgehead atoms. The molecule has 2 aromatic carbocycles. The molecule has 7 nitrogen and oxygen atoms in total. The average molecular weight is 399 g/mol. The number of halogens is 1. The number of rotatable bonds is 6. The van der Waals surface area contributed by atoms with Gasteiger partial charge >= 0.3 is 0 Å². The van der Waals surface area contributed by atoms with Gasteiger partial charge < -0.3 is 21.3 Å². The summed E-state index contributed by atoms with van der Waals surface area (Å²) in [7, 11) is 0. The van der Waals surface area contributed by atoms with Crippen molar-refractivity contribution in [1.82, 2.24) is 0 Å². The van der Waals surface area contributed by atoms with E-state index >= 15 is 0 Å². The predicted molar refractivity (Wildman–Crippen MR) is 107 cm³/mol. The van der Waals surface area contributed by atoms with Crippen molar-refractivity contribution in [2.75, 3.05) is 30.3 Å². The van der Waals surface area contributed by atoms with Crippen molar-refractivity contribution in [2.45, 2.75) is 12.8 Å². The van der Waals surface area contributed by atoms with Crippen LogP contribution in [-0.4, -0.2) is 37.4 Å². The monoisotopic (exact) mass is 399 g/mol. The van der Waals surface area contributed by atoms with Crippen LogP contribution in [0.5, 0.6) is 0 Å². The maximum atomic E-state index is 13.0. The Kier molecular flexibility index (Phi) is 6.56. The lowest BCUT2D eigenvalue weighted by Gasteiger charge is -2.27. The second-order valence-corrected chi connectivity index (χ2v) is 7.18. The van der Waals surface area contributed by atoms with E-state index in [0.717, 1.165) is 24.3 Å².